The topological polar surface area (TPSA) is 75.9 Å². The van der Waals surface area contributed by atoms with Crippen molar-refractivity contribution in [2.75, 3.05) is 32.7 Å². The highest BCUT2D eigenvalue weighted by Gasteiger charge is 2.40. The third-order valence-electron chi connectivity index (χ3n) is 9.03. The Hall–Kier alpha value is -2.78. The predicted octanol–water partition coefficient (Wildman–Crippen LogP) is 5.18. The Labute approximate surface area is 242 Å². The molecule has 5 heterocycles. The van der Waals surface area contributed by atoms with Crippen molar-refractivity contribution in [2.24, 2.45) is 11.3 Å². The molecule has 0 atom stereocenters. The zero-order chi connectivity index (χ0) is 27.2. The highest BCUT2D eigenvalue weighted by Crippen LogP contribution is 2.41. The molecular formula is C32H43N7S. The molecule has 3 aromatic heterocycles. The van der Waals surface area contributed by atoms with Gasteiger partial charge < -0.3 is 15.3 Å². The second-order valence-corrected chi connectivity index (χ2v) is 13.1. The van der Waals surface area contributed by atoms with Gasteiger partial charge in [-0.15, -0.1) is 11.3 Å². The van der Waals surface area contributed by atoms with Gasteiger partial charge in [0.05, 0.1) is 0 Å². The van der Waals surface area contributed by atoms with Crippen LogP contribution in [0, 0.1) is 18.3 Å². The molecule has 212 valence electrons. The molecule has 1 spiro atoms. The highest BCUT2D eigenvalue weighted by molar-refractivity contribution is 7.10. The quantitative estimate of drug-likeness (QED) is 0.224. The Morgan fingerprint density at radius 1 is 0.875 bits per heavy atom. The maximum atomic E-state index is 4.43. The van der Waals surface area contributed by atoms with Gasteiger partial charge in [0.2, 0.25) is 0 Å². The van der Waals surface area contributed by atoms with E-state index in [1.807, 2.05) is 36.1 Å². The van der Waals surface area contributed by atoms with E-state index in [0.29, 0.717) is 11.3 Å². The summed E-state index contributed by atoms with van der Waals surface area (Å²) in [6.45, 7) is 11.2. The lowest BCUT2D eigenvalue weighted by atomic mass is 9.78. The number of aryl methyl sites for hydroxylation is 1. The van der Waals surface area contributed by atoms with Gasteiger partial charge in [-0.2, -0.15) is 0 Å². The van der Waals surface area contributed by atoms with Crippen molar-refractivity contribution >= 4 is 11.3 Å². The van der Waals surface area contributed by atoms with Gasteiger partial charge in [0.15, 0.2) is 0 Å². The third-order valence-corrected chi connectivity index (χ3v) is 10.0. The SMILES string of the molecule is Cc1ccsc1CN1CCC2(CC1)CCN(Cc1ccc(CNCC(Cc3ncc[nH]3)Cc3ncc[nH]3)cc1)C2. The summed E-state index contributed by atoms with van der Waals surface area (Å²) in [6.07, 6.45) is 13.3. The first kappa shape index (κ1) is 27.4. The van der Waals surface area contributed by atoms with E-state index in [1.54, 1.807) is 4.88 Å². The summed E-state index contributed by atoms with van der Waals surface area (Å²) in [7, 11) is 0. The number of thiophene rings is 1. The van der Waals surface area contributed by atoms with Crippen molar-refractivity contribution in [3.63, 3.8) is 0 Å². The zero-order valence-electron chi connectivity index (χ0n) is 23.7. The Kier molecular flexibility index (Phi) is 8.77. The number of aromatic nitrogens is 4. The van der Waals surface area contributed by atoms with Crippen LogP contribution in [-0.2, 0) is 32.5 Å². The minimum absolute atomic E-state index is 0.422. The van der Waals surface area contributed by atoms with E-state index in [9.17, 15) is 0 Å². The molecule has 2 aliphatic heterocycles. The van der Waals surface area contributed by atoms with Crippen molar-refractivity contribution in [3.8, 4) is 0 Å². The van der Waals surface area contributed by atoms with Crippen LogP contribution in [0.15, 0.2) is 60.5 Å². The molecule has 2 fully saturated rings. The Bertz CT molecular complexity index is 1250. The third kappa shape index (κ3) is 7.10. The smallest absolute Gasteiger partial charge is 0.106 e. The summed E-state index contributed by atoms with van der Waals surface area (Å²) >= 11 is 1.91. The van der Waals surface area contributed by atoms with Crippen LogP contribution in [0.5, 0.6) is 0 Å². The summed E-state index contributed by atoms with van der Waals surface area (Å²) in [6, 6.07) is 11.5. The van der Waals surface area contributed by atoms with Crippen LogP contribution in [0.2, 0.25) is 0 Å². The van der Waals surface area contributed by atoms with E-state index in [2.05, 4.69) is 77.7 Å². The summed E-state index contributed by atoms with van der Waals surface area (Å²) < 4.78 is 0. The average molecular weight is 558 g/mol. The number of hydrogen-bond acceptors (Lipinski definition) is 6. The van der Waals surface area contributed by atoms with Gasteiger partial charge in [-0.1, -0.05) is 24.3 Å². The summed E-state index contributed by atoms with van der Waals surface area (Å²) in [5.41, 5.74) is 4.76. The Balaban J connectivity index is 0.942. The molecule has 0 bridgehead atoms. The van der Waals surface area contributed by atoms with Gasteiger partial charge in [-0.25, -0.2) is 9.97 Å². The Morgan fingerprint density at radius 3 is 2.12 bits per heavy atom. The van der Waals surface area contributed by atoms with Gasteiger partial charge in [-0.3, -0.25) is 9.80 Å². The molecule has 0 unspecified atom stereocenters. The Morgan fingerprint density at radius 2 is 1.52 bits per heavy atom. The fraction of sp³-hybridized carbons (Fsp3) is 0.500. The van der Waals surface area contributed by atoms with E-state index in [0.717, 1.165) is 50.7 Å². The number of nitrogens with one attached hydrogen (secondary N) is 3. The number of piperidine rings is 1. The number of nitrogens with zero attached hydrogens (tertiary/aromatic N) is 4. The molecule has 6 rings (SSSR count). The molecule has 2 saturated heterocycles. The van der Waals surface area contributed by atoms with Crippen LogP contribution in [-0.4, -0.2) is 62.5 Å². The molecule has 7 nitrogen and oxygen atoms in total. The molecule has 3 N–H and O–H groups in total. The number of benzene rings is 1. The zero-order valence-corrected chi connectivity index (χ0v) is 24.6. The molecule has 1 aromatic carbocycles. The second-order valence-electron chi connectivity index (χ2n) is 12.1. The first-order valence-electron chi connectivity index (χ1n) is 14.9. The van der Waals surface area contributed by atoms with Crippen LogP contribution in [0.4, 0.5) is 0 Å². The number of imidazole rings is 2. The number of aromatic amines is 2. The standard InChI is InChI=1S/C32H43N7S/c1-25-6-17-40-29(25)23-38-14-7-32(8-15-38)9-16-39(24-32)22-27-4-2-26(3-5-27)20-33-21-28(18-30-34-10-11-35-30)19-31-36-12-13-37-31/h2-6,10-13,17,28,33H,7-9,14-16,18-24H2,1H3,(H,34,35)(H,36,37). The van der Waals surface area contributed by atoms with Gasteiger partial charge in [0.25, 0.3) is 0 Å². The lowest BCUT2D eigenvalue weighted by molar-refractivity contribution is 0.102. The molecule has 2 aliphatic rings. The molecular weight excluding hydrogens is 514 g/mol. The second kappa shape index (κ2) is 12.8. The van der Waals surface area contributed by atoms with Crippen LogP contribution < -0.4 is 5.32 Å². The minimum Gasteiger partial charge on any atom is -0.349 e. The minimum atomic E-state index is 0.422. The normalized spacial score (nSPS) is 17.9. The van der Waals surface area contributed by atoms with E-state index >= 15 is 0 Å². The van der Waals surface area contributed by atoms with Crippen molar-refractivity contribution in [1.29, 1.82) is 0 Å². The van der Waals surface area contributed by atoms with Crippen molar-refractivity contribution in [3.05, 3.63) is 93.7 Å². The average Bonchev–Trinajstić information content (AvgIpc) is 3.78. The number of rotatable bonds is 12. The van der Waals surface area contributed by atoms with E-state index < -0.39 is 0 Å². The van der Waals surface area contributed by atoms with Crippen molar-refractivity contribution in [1.82, 2.24) is 35.1 Å². The van der Waals surface area contributed by atoms with Gasteiger partial charge in [0, 0.05) is 68.7 Å². The van der Waals surface area contributed by atoms with Crippen LogP contribution >= 0.6 is 11.3 Å². The number of hydrogen-bond donors (Lipinski definition) is 3. The van der Waals surface area contributed by atoms with Crippen LogP contribution in [0.3, 0.4) is 0 Å². The number of H-pyrrole nitrogens is 2. The highest BCUT2D eigenvalue weighted by atomic mass is 32.1. The van der Waals surface area contributed by atoms with E-state index in [1.165, 1.54) is 62.1 Å². The maximum absolute atomic E-state index is 4.43. The van der Waals surface area contributed by atoms with Gasteiger partial charge >= 0.3 is 0 Å². The van der Waals surface area contributed by atoms with Gasteiger partial charge in [-0.05, 0) is 91.8 Å². The number of likely N-dealkylation sites (tertiary alicyclic amines) is 2. The molecule has 8 heteroatoms. The van der Waals surface area contributed by atoms with Crippen LogP contribution in [0.25, 0.3) is 0 Å². The van der Waals surface area contributed by atoms with E-state index in [-0.39, 0.29) is 0 Å². The molecule has 40 heavy (non-hydrogen) atoms. The molecule has 0 aliphatic carbocycles. The van der Waals surface area contributed by atoms with Crippen molar-refractivity contribution < 1.29 is 0 Å². The summed E-state index contributed by atoms with van der Waals surface area (Å²) in [5.74, 6) is 2.49. The van der Waals surface area contributed by atoms with Gasteiger partial charge in [0.1, 0.15) is 11.6 Å². The largest absolute Gasteiger partial charge is 0.349 e. The first-order valence-corrected chi connectivity index (χ1v) is 15.7. The first-order chi connectivity index (χ1) is 19.6. The summed E-state index contributed by atoms with van der Waals surface area (Å²) in [4.78, 5) is 22.3. The fourth-order valence-electron chi connectivity index (χ4n) is 6.55. The lowest BCUT2D eigenvalue weighted by Crippen LogP contribution is -2.41. The molecule has 0 radical (unpaired) electrons. The van der Waals surface area contributed by atoms with Crippen molar-refractivity contribution in [2.45, 2.75) is 58.7 Å². The van der Waals surface area contributed by atoms with E-state index in [4.69, 9.17) is 0 Å². The predicted molar refractivity (Wildman–Crippen MR) is 162 cm³/mol. The maximum Gasteiger partial charge on any atom is 0.106 e. The van der Waals surface area contributed by atoms with Crippen LogP contribution in [0.1, 0.15) is 52.5 Å². The fourth-order valence-corrected chi connectivity index (χ4v) is 7.50. The monoisotopic (exact) mass is 557 g/mol. The lowest BCUT2D eigenvalue weighted by Gasteiger charge is -2.39. The molecule has 0 saturated carbocycles. The molecule has 0 amide bonds. The summed E-state index contributed by atoms with van der Waals surface area (Å²) in [5, 5.41) is 5.91. The molecule has 4 aromatic rings.